The Balaban J connectivity index is 0.00000300. The highest BCUT2D eigenvalue weighted by atomic mass is 127. The Bertz CT molecular complexity index is 847. The van der Waals surface area contributed by atoms with E-state index in [9.17, 15) is 9.18 Å². The number of carbonyl (C=O) groups excluding carboxylic acids is 1. The maximum absolute atomic E-state index is 14.5. The lowest BCUT2D eigenvalue weighted by Gasteiger charge is -2.17. The first-order valence-electron chi connectivity index (χ1n) is 9.67. The number of likely N-dealkylation sites (tertiary alicyclic amines) is 1. The molecule has 1 aromatic heterocycles. The summed E-state index contributed by atoms with van der Waals surface area (Å²) in [6.07, 6.45) is 5.51. The smallest absolute Gasteiger partial charge is 0.241 e. The minimum Gasteiger partial charge on any atom is -0.357 e. The SMILES string of the molecule is CCNC(=NCc1ccc(-n2ccnc2C)c(F)c1)NCC(=O)N1CCCC1.I. The topological polar surface area (TPSA) is 74.5 Å². The molecule has 0 spiro atoms. The summed E-state index contributed by atoms with van der Waals surface area (Å²) in [6.45, 7) is 6.65. The molecular formula is C20H28FIN6O. The number of rotatable bonds is 6. The summed E-state index contributed by atoms with van der Waals surface area (Å²) >= 11 is 0. The molecular weight excluding hydrogens is 486 g/mol. The van der Waals surface area contributed by atoms with Crippen molar-refractivity contribution in [1.29, 1.82) is 0 Å². The normalized spacial score (nSPS) is 13.9. The Morgan fingerprint density at radius 1 is 1.28 bits per heavy atom. The van der Waals surface area contributed by atoms with Crippen molar-refractivity contribution in [2.45, 2.75) is 33.2 Å². The first kappa shape index (κ1) is 23.1. The Labute approximate surface area is 187 Å². The van der Waals surface area contributed by atoms with E-state index in [1.54, 1.807) is 23.0 Å². The van der Waals surface area contributed by atoms with E-state index in [1.165, 1.54) is 6.07 Å². The number of nitrogens with one attached hydrogen (secondary N) is 2. The summed E-state index contributed by atoms with van der Waals surface area (Å²) in [7, 11) is 0. The second-order valence-corrected chi connectivity index (χ2v) is 6.77. The number of amides is 1. The van der Waals surface area contributed by atoms with Gasteiger partial charge in [0.2, 0.25) is 5.91 Å². The number of guanidine groups is 1. The van der Waals surface area contributed by atoms with E-state index in [1.807, 2.05) is 24.8 Å². The first-order valence-corrected chi connectivity index (χ1v) is 9.67. The summed E-state index contributed by atoms with van der Waals surface area (Å²) in [5.41, 5.74) is 1.21. The van der Waals surface area contributed by atoms with Crippen molar-refractivity contribution in [3.05, 3.63) is 47.8 Å². The van der Waals surface area contributed by atoms with Crippen LogP contribution in [0.3, 0.4) is 0 Å². The van der Waals surface area contributed by atoms with E-state index in [0.29, 0.717) is 24.7 Å². The molecule has 2 N–H and O–H groups in total. The molecule has 2 aromatic rings. The van der Waals surface area contributed by atoms with Crippen LogP contribution in [-0.4, -0.2) is 52.5 Å². The molecule has 0 aliphatic carbocycles. The third-order valence-corrected chi connectivity index (χ3v) is 4.73. The number of halogens is 2. The number of hydrogen-bond acceptors (Lipinski definition) is 3. The van der Waals surface area contributed by atoms with Gasteiger partial charge in [0.25, 0.3) is 0 Å². The highest BCUT2D eigenvalue weighted by Crippen LogP contribution is 2.17. The number of aliphatic imine (C=N–C) groups is 1. The molecule has 7 nitrogen and oxygen atoms in total. The van der Waals surface area contributed by atoms with Crippen molar-refractivity contribution >= 4 is 35.8 Å². The van der Waals surface area contributed by atoms with E-state index in [-0.39, 0.29) is 42.2 Å². The van der Waals surface area contributed by atoms with Crippen LogP contribution in [0.1, 0.15) is 31.2 Å². The van der Waals surface area contributed by atoms with Gasteiger partial charge in [-0.3, -0.25) is 4.79 Å². The number of nitrogens with zero attached hydrogens (tertiary/aromatic N) is 4. The number of imidazole rings is 1. The van der Waals surface area contributed by atoms with Gasteiger partial charge in [0, 0.05) is 32.0 Å². The molecule has 2 heterocycles. The van der Waals surface area contributed by atoms with Crippen molar-refractivity contribution in [2.75, 3.05) is 26.2 Å². The van der Waals surface area contributed by atoms with Gasteiger partial charge in [0.1, 0.15) is 11.6 Å². The van der Waals surface area contributed by atoms with Gasteiger partial charge in [-0.2, -0.15) is 0 Å². The third-order valence-electron chi connectivity index (χ3n) is 4.73. The number of aryl methyl sites for hydroxylation is 1. The van der Waals surface area contributed by atoms with E-state index in [2.05, 4.69) is 20.6 Å². The van der Waals surface area contributed by atoms with Gasteiger partial charge in [0.15, 0.2) is 5.96 Å². The van der Waals surface area contributed by atoms with Crippen LogP contribution in [0.25, 0.3) is 5.69 Å². The Hall–Kier alpha value is -2.17. The minimum atomic E-state index is -0.323. The minimum absolute atomic E-state index is 0. The second-order valence-electron chi connectivity index (χ2n) is 6.77. The molecule has 0 unspecified atom stereocenters. The molecule has 9 heteroatoms. The highest BCUT2D eigenvalue weighted by molar-refractivity contribution is 14.0. The lowest BCUT2D eigenvalue weighted by molar-refractivity contribution is -0.128. The molecule has 0 atom stereocenters. The first-order chi connectivity index (χ1) is 13.6. The summed E-state index contributed by atoms with van der Waals surface area (Å²) in [5, 5.41) is 6.18. The van der Waals surface area contributed by atoms with Gasteiger partial charge < -0.3 is 20.1 Å². The maximum atomic E-state index is 14.5. The van der Waals surface area contributed by atoms with Crippen molar-refractivity contribution < 1.29 is 9.18 Å². The molecule has 1 amide bonds. The number of aromatic nitrogens is 2. The molecule has 158 valence electrons. The lowest BCUT2D eigenvalue weighted by Crippen LogP contribution is -2.44. The zero-order chi connectivity index (χ0) is 19.9. The number of carbonyl (C=O) groups is 1. The molecule has 1 fully saturated rings. The molecule has 29 heavy (non-hydrogen) atoms. The maximum Gasteiger partial charge on any atom is 0.241 e. The predicted molar refractivity (Wildman–Crippen MR) is 122 cm³/mol. The van der Waals surface area contributed by atoms with E-state index in [4.69, 9.17) is 0 Å². The highest BCUT2D eigenvalue weighted by Gasteiger charge is 2.17. The fourth-order valence-corrected chi connectivity index (χ4v) is 3.23. The van der Waals surface area contributed by atoms with Crippen molar-refractivity contribution in [3.8, 4) is 5.69 Å². The van der Waals surface area contributed by atoms with Crippen LogP contribution in [0.15, 0.2) is 35.6 Å². The monoisotopic (exact) mass is 514 g/mol. The van der Waals surface area contributed by atoms with Crippen LogP contribution in [0.5, 0.6) is 0 Å². The van der Waals surface area contributed by atoms with Crippen LogP contribution in [-0.2, 0) is 11.3 Å². The van der Waals surface area contributed by atoms with Crippen molar-refractivity contribution in [3.63, 3.8) is 0 Å². The number of benzene rings is 1. The average Bonchev–Trinajstić information content (AvgIpc) is 3.36. The fraction of sp³-hybridized carbons (Fsp3) is 0.450. The fourth-order valence-electron chi connectivity index (χ4n) is 3.23. The molecule has 1 aliphatic heterocycles. The summed E-state index contributed by atoms with van der Waals surface area (Å²) in [6, 6.07) is 5.06. The van der Waals surface area contributed by atoms with Gasteiger partial charge in [-0.25, -0.2) is 14.4 Å². The molecule has 1 aromatic carbocycles. The standard InChI is InChI=1S/C20H27FN6O.HI/c1-3-22-20(25-14-19(28)26-9-4-5-10-26)24-13-16-6-7-18(17(21)12-16)27-11-8-23-15(27)2;/h6-8,11-12H,3-5,9-10,13-14H2,1-2H3,(H2,22,24,25);1H. The molecule has 1 aliphatic rings. The molecule has 0 saturated carbocycles. The Morgan fingerprint density at radius 3 is 2.66 bits per heavy atom. The zero-order valence-corrected chi connectivity index (χ0v) is 19.2. The van der Waals surface area contributed by atoms with E-state index in [0.717, 1.165) is 37.3 Å². The van der Waals surface area contributed by atoms with E-state index < -0.39 is 0 Å². The van der Waals surface area contributed by atoms with Crippen LogP contribution < -0.4 is 10.6 Å². The van der Waals surface area contributed by atoms with Gasteiger partial charge in [-0.15, -0.1) is 24.0 Å². The lowest BCUT2D eigenvalue weighted by atomic mass is 10.2. The molecule has 0 radical (unpaired) electrons. The summed E-state index contributed by atoms with van der Waals surface area (Å²) in [4.78, 5) is 22.6. The Kier molecular flexibility index (Phi) is 8.87. The zero-order valence-electron chi connectivity index (χ0n) is 16.8. The predicted octanol–water partition coefficient (Wildman–Crippen LogP) is 2.62. The number of hydrogen-bond donors (Lipinski definition) is 2. The van der Waals surface area contributed by atoms with Crippen LogP contribution in [0, 0.1) is 12.7 Å². The van der Waals surface area contributed by atoms with Crippen LogP contribution >= 0.6 is 24.0 Å². The third kappa shape index (κ3) is 6.15. The van der Waals surface area contributed by atoms with Gasteiger partial charge in [-0.1, -0.05) is 6.07 Å². The second kappa shape index (κ2) is 11.1. The molecule has 1 saturated heterocycles. The van der Waals surface area contributed by atoms with Gasteiger partial charge in [0.05, 0.1) is 18.8 Å². The van der Waals surface area contributed by atoms with Gasteiger partial charge >= 0.3 is 0 Å². The van der Waals surface area contributed by atoms with E-state index >= 15 is 0 Å². The largest absolute Gasteiger partial charge is 0.357 e. The van der Waals surface area contributed by atoms with Crippen molar-refractivity contribution in [1.82, 2.24) is 25.1 Å². The summed E-state index contributed by atoms with van der Waals surface area (Å²) < 4.78 is 16.2. The summed E-state index contributed by atoms with van der Waals surface area (Å²) in [5.74, 6) is 1.03. The van der Waals surface area contributed by atoms with Crippen LogP contribution in [0.2, 0.25) is 0 Å². The average molecular weight is 514 g/mol. The quantitative estimate of drug-likeness (QED) is 0.353. The van der Waals surface area contributed by atoms with Crippen molar-refractivity contribution in [2.24, 2.45) is 4.99 Å². The molecule has 3 rings (SSSR count). The molecule has 0 bridgehead atoms. The van der Waals surface area contributed by atoms with Crippen LogP contribution in [0.4, 0.5) is 4.39 Å². The van der Waals surface area contributed by atoms with Gasteiger partial charge in [-0.05, 0) is 44.4 Å². The Morgan fingerprint density at radius 2 is 2.03 bits per heavy atom.